The molecule has 1 aromatic rings. The third kappa shape index (κ3) is 4.00. The fraction of sp³-hybridized carbons (Fsp3) is 0.455. The highest BCUT2D eigenvalue weighted by Gasteiger charge is 2.09. The van der Waals surface area contributed by atoms with Crippen LogP contribution in [0.1, 0.15) is 6.42 Å². The van der Waals surface area contributed by atoms with Crippen LogP contribution in [0.2, 0.25) is 0 Å². The van der Waals surface area contributed by atoms with Gasteiger partial charge in [-0.3, -0.25) is 0 Å². The van der Waals surface area contributed by atoms with Gasteiger partial charge < -0.3 is 20.9 Å². The fourth-order valence-corrected chi connectivity index (χ4v) is 1.79. The summed E-state index contributed by atoms with van der Waals surface area (Å²) >= 11 is 3.39. The van der Waals surface area contributed by atoms with Crippen LogP contribution >= 0.6 is 15.9 Å². The molecule has 0 heterocycles. The maximum atomic E-state index is 8.93. The highest BCUT2D eigenvalue weighted by atomic mass is 79.9. The first kappa shape index (κ1) is 13.3. The quantitative estimate of drug-likeness (QED) is 0.699. The van der Waals surface area contributed by atoms with Crippen LogP contribution in [0.25, 0.3) is 0 Å². The van der Waals surface area contributed by atoms with E-state index < -0.39 is 0 Å². The first-order valence-corrected chi connectivity index (χ1v) is 5.88. The van der Waals surface area contributed by atoms with Crippen molar-refractivity contribution in [3.63, 3.8) is 0 Å². The molecule has 0 aliphatic rings. The van der Waals surface area contributed by atoms with E-state index in [1.807, 2.05) is 18.2 Å². The molecule has 90 valence electrons. The van der Waals surface area contributed by atoms with Crippen molar-refractivity contribution >= 4 is 27.3 Å². The Balaban J connectivity index is 2.71. The largest absolute Gasteiger partial charge is 0.397 e. The summed E-state index contributed by atoms with van der Waals surface area (Å²) in [4.78, 5) is 0. The molecule has 4 nitrogen and oxygen atoms in total. The van der Waals surface area contributed by atoms with Gasteiger partial charge in [-0.25, -0.2) is 0 Å². The summed E-state index contributed by atoms with van der Waals surface area (Å²) in [6.45, 7) is 0.654. The number of nitrogens with one attached hydrogen (secondary N) is 1. The summed E-state index contributed by atoms with van der Waals surface area (Å²) in [6.07, 6.45) is 0.625. The normalized spacial score (nSPS) is 12.4. The van der Waals surface area contributed by atoms with Crippen molar-refractivity contribution in [3.8, 4) is 0 Å². The number of benzene rings is 1. The van der Waals surface area contributed by atoms with Crippen LogP contribution < -0.4 is 11.1 Å². The molecule has 0 aliphatic carbocycles. The van der Waals surface area contributed by atoms with E-state index in [9.17, 15) is 0 Å². The minimum atomic E-state index is 0.0617. The zero-order chi connectivity index (χ0) is 12.0. The van der Waals surface area contributed by atoms with E-state index in [-0.39, 0.29) is 12.6 Å². The Hall–Kier alpha value is -0.780. The number of nitrogens with two attached hydrogens (primary N) is 1. The minimum absolute atomic E-state index is 0.0617. The summed E-state index contributed by atoms with van der Waals surface area (Å²) in [5.74, 6) is 0. The van der Waals surface area contributed by atoms with Gasteiger partial charge in [-0.1, -0.05) is 15.9 Å². The molecule has 0 aliphatic heterocycles. The lowest BCUT2D eigenvalue weighted by Crippen LogP contribution is -2.26. The topological polar surface area (TPSA) is 67.5 Å². The van der Waals surface area contributed by atoms with Crippen LogP contribution in [0.15, 0.2) is 22.7 Å². The molecule has 5 heteroatoms. The van der Waals surface area contributed by atoms with Gasteiger partial charge in [0.25, 0.3) is 0 Å². The first-order chi connectivity index (χ1) is 7.67. The smallest absolute Gasteiger partial charge is 0.0664 e. The minimum Gasteiger partial charge on any atom is -0.397 e. The van der Waals surface area contributed by atoms with Gasteiger partial charge in [-0.15, -0.1) is 0 Å². The van der Waals surface area contributed by atoms with Crippen molar-refractivity contribution in [1.29, 1.82) is 0 Å². The monoisotopic (exact) mass is 288 g/mol. The summed E-state index contributed by atoms with van der Waals surface area (Å²) in [6, 6.07) is 5.69. The van der Waals surface area contributed by atoms with Gasteiger partial charge in [0.1, 0.15) is 0 Å². The number of nitrogen functional groups attached to an aromatic ring is 1. The van der Waals surface area contributed by atoms with E-state index >= 15 is 0 Å². The van der Waals surface area contributed by atoms with Gasteiger partial charge in [-0.05, 0) is 24.6 Å². The predicted octanol–water partition coefficient (Wildman–Crippen LogP) is 1.84. The Kier molecular flexibility index (Phi) is 5.59. The Morgan fingerprint density at radius 2 is 2.31 bits per heavy atom. The molecule has 0 radical (unpaired) electrons. The lowest BCUT2D eigenvalue weighted by atomic mass is 10.2. The summed E-state index contributed by atoms with van der Waals surface area (Å²) in [5, 5.41) is 12.2. The maximum Gasteiger partial charge on any atom is 0.0664 e. The second-order valence-electron chi connectivity index (χ2n) is 3.54. The van der Waals surface area contributed by atoms with Crippen molar-refractivity contribution in [2.75, 3.05) is 31.4 Å². The zero-order valence-electron chi connectivity index (χ0n) is 9.24. The van der Waals surface area contributed by atoms with Crippen molar-refractivity contribution in [1.82, 2.24) is 0 Å². The second-order valence-corrected chi connectivity index (χ2v) is 4.46. The van der Waals surface area contributed by atoms with Crippen LogP contribution in [0.3, 0.4) is 0 Å². The van der Waals surface area contributed by atoms with Gasteiger partial charge >= 0.3 is 0 Å². The molecule has 0 bridgehead atoms. The van der Waals surface area contributed by atoms with Gasteiger partial charge in [0, 0.05) is 18.2 Å². The van der Waals surface area contributed by atoms with Crippen LogP contribution in [0.5, 0.6) is 0 Å². The predicted molar refractivity (Wildman–Crippen MR) is 69.5 cm³/mol. The molecule has 0 saturated heterocycles. The second kappa shape index (κ2) is 6.73. The summed E-state index contributed by atoms with van der Waals surface area (Å²) in [5.41, 5.74) is 7.38. The zero-order valence-corrected chi connectivity index (χ0v) is 10.8. The molecule has 0 spiro atoms. The molecule has 16 heavy (non-hydrogen) atoms. The number of rotatable bonds is 6. The van der Waals surface area contributed by atoms with E-state index in [4.69, 9.17) is 15.6 Å². The number of aliphatic hydroxyl groups excluding tert-OH is 1. The molecule has 1 atom stereocenters. The van der Waals surface area contributed by atoms with E-state index in [1.165, 1.54) is 0 Å². The fourth-order valence-electron chi connectivity index (χ4n) is 1.43. The Bertz CT molecular complexity index is 328. The van der Waals surface area contributed by atoms with Gasteiger partial charge in [-0.2, -0.15) is 0 Å². The molecule has 4 N–H and O–H groups in total. The van der Waals surface area contributed by atoms with Gasteiger partial charge in [0.05, 0.1) is 24.0 Å². The summed E-state index contributed by atoms with van der Waals surface area (Å²) in [7, 11) is 1.64. The molecule has 1 aromatic carbocycles. The third-order valence-corrected chi connectivity index (χ3v) is 2.71. The molecular formula is C11H17BrN2O2. The Morgan fingerprint density at radius 1 is 1.56 bits per heavy atom. The van der Waals surface area contributed by atoms with Crippen molar-refractivity contribution in [2.24, 2.45) is 0 Å². The van der Waals surface area contributed by atoms with E-state index in [0.717, 1.165) is 10.2 Å². The number of anilines is 2. The molecular weight excluding hydrogens is 272 g/mol. The number of hydrogen-bond donors (Lipinski definition) is 3. The molecule has 0 saturated carbocycles. The molecule has 1 rings (SSSR count). The average molecular weight is 289 g/mol. The number of aliphatic hydroxyl groups is 1. The lowest BCUT2D eigenvalue weighted by molar-refractivity contribution is 0.170. The third-order valence-electron chi connectivity index (χ3n) is 2.22. The molecule has 0 amide bonds. The van der Waals surface area contributed by atoms with Crippen molar-refractivity contribution in [3.05, 3.63) is 22.7 Å². The molecule has 0 aromatic heterocycles. The highest BCUT2D eigenvalue weighted by Crippen LogP contribution is 2.24. The molecule has 0 fully saturated rings. The number of hydrogen-bond acceptors (Lipinski definition) is 4. The number of ether oxygens (including phenoxy) is 1. The van der Waals surface area contributed by atoms with Crippen molar-refractivity contribution in [2.45, 2.75) is 12.5 Å². The van der Waals surface area contributed by atoms with Crippen molar-refractivity contribution < 1.29 is 9.84 Å². The maximum absolute atomic E-state index is 8.93. The average Bonchev–Trinajstić information content (AvgIpc) is 2.24. The number of halogens is 1. The van der Waals surface area contributed by atoms with Crippen LogP contribution in [0, 0.1) is 0 Å². The van der Waals surface area contributed by atoms with Crippen LogP contribution in [-0.2, 0) is 4.74 Å². The SMILES string of the molecule is COCC(CCO)Nc1cc(Br)ccc1N. The Morgan fingerprint density at radius 3 is 2.94 bits per heavy atom. The standard InChI is InChI=1S/C11H17BrN2O2/c1-16-7-9(4-5-15)14-11-6-8(12)2-3-10(11)13/h2-3,6,9,14-15H,4-5,7,13H2,1H3. The Labute approximate surface area is 104 Å². The van der Waals surface area contributed by atoms with Gasteiger partial charge in [0.15, 0.2) is 0 Å². The van der Waals surface area contributed by atoms with E-state index in [2.05, 4.69) is 21.2 Å². The van der Waals surface area contributed by atoms with E-state index in [1.54, 1.807) is 7.11 Å². The lowest BCUT2D eigenvalue weighted by Gasteiger charge is -2.19. The van der Waals surface area contributed by atoms with Gasteiger partial charge in [0.2, 0.25) is 0 Å². The van der Waals surface area contributed by atoms with E-state index in [0.29, 0.717) is 18.7 Å². The first-order valence-electron chi connectivity index (χ1n) is 5.08. The van der Waals surface area contributed by atoms with Crippen LogP contribution in [-0.4, -0.2) is 31.5 Å². The summed E-state index contributed by atoms with van der Waals surface area (Å²) < 4.78 is 6.04. The highest BCUT2D eigenvalue weighted by molar-refractivity contribution is 9.10. The van der Waals surface area contributed by atoms with Crippen LogP contribution in [0.4, 0.5) is 11.4 Å². The number of methoxy groups -OCH3 is 1. The molecule has 1 unspecified atom stereocenters.